The molecule has 0 saturated heterocycles. The first-order valence-corrected chi connectivity index (χ1v) is 7.95. The van der Waals surface area contributed by atoms with E-state index in [2.05, 4.69) is 29.4 Å². The van der Waals surface area contributed by atoms with Gasteiger partial charge in [0.1, 0.15) is 0 Å². The molecule has 2 aromatic rings. The average molecular weight is 302 g/mol. The first-order valence-electron chi connectivity index (χ1n) is 7.07. The van der Waals surface area contributed by atoms with E-state index in [1.165, 1.54) is 5.56 Å². The quantitative estimate of drug-likeness (QED) is 0.790. The third kappa shape index (κ3) is 3.99. The number of carbonyl (C=O) groups is 1. The summed E-state index contributed by atoms with van der Waals surface area (Å²) in [5, 5.41) is 3.12. The summed E-state index contributed by atoms with van der Waals surface area (Å²) in [6.07, 6.45) is 0. The Morgan fingerprint density at radius 1 is 1.19 bits per heavy atom. The van der Waals surface area contributed by atoms with Crippen LogP contribution in [0.1, 0.15) is 37.7 Å². The van der Waals surface area contributed by atoms with Crippen molar-refractivity contribution >= 4 is 17.1 Å². The van der Waals surface area contributed by atoms with Crippen molar-refractivity contribution in [2.24, 2.45) is 0 Å². The highest BCUT2D eigenvalue weighted by atomic mass is 32.1. The highest BCUT2D eigenvalue weighted by Crippen LogP contribution is 2.18. The van der Waals surface area contributed by atoms with Gasteiger partial charge in [0.25, 0.3) is 0 Å². The predicted octanol–water partition coefficient (Wildman–Crippen LogP) is 3.69. The molecule has 0 unspecified atom stereocenters. The van der Waals surface area contributed by atoms with Gasteiger partial charge in [-0.3, -0.25) is 9.69 Å². The minimum atomic E-state index is 0.180. The number of nitrogens with zero attached hydrogens (tertiary/aromatic N) is 2. The van der Waals surface area contributed by atoms with Crippen LogP contribution in [0.2, 0.25) is 0 Å². The Balaban J connectivity index is 2.07. The van der Waals surface area contributed by atoms with E-state index in [4.69, 9.17) is 0 Å². The molecule has 4 heteroatoms. The summed E-state index contributed by atoms with van der Waals surface area (Å²) in [6.45, 7) is 9.21. The minimum absolute atomic E-state index is 0.180. The van der Waals surface area contributed by atoms with Crippen LogP contribution in [0.3, 0.4) is 0 Å². The fourth-order valence-corrected chi connectivity index (χ4v) is 3.36. The van der Waals surface area contributed by atoms with Gasteiger partial charge in [-0.25, -0.2) is 4.98 Å². The number of rotatable bonds is 5. The number of likely N-dealkylation sites (N-methyl/N-ethyl adjacent to an activating group) is 1. The Bertz CT molecular complexity index is 638. The van der Waals surface area contributed by atoms with Gasteiger partial charge in [-0.05, 0) is 45.9 Å². The lowest BCUT2D eigenvalue weighted by molar-refractivity contribution is 0.0941. The van der Waals surface area contributed by atoms with Crippen molar-refractivity contribution in [3.63, 3.8) is 0 Å². The molecule has 0 radical (unpaired) electrons. The molecule has 112 valence electrons. The molecule has 0 N–H and O–H groups in total. The topological polar surface area (TPSA) is 33.2 Å². The Kier molecular flexibility index (Phi) is 4.91. The number of carbonyl (C=O) groups excluding carboxylic acids is 1. The van der Waals surface area contributed by atoms with Crippen molar-refractivity contribution in [1.29, 1.82) is 0 Å². The number of aromatic nitrogens is 1. The van der Waals surface area contributed by atoms with Crippen LogP contribution in [0.15, 0.2) is 17.5 Å². The third-order valence-corrected chi connectivity index (χ3v) is 4.29. The lowest BCUT2D eigenvalue weighted by Gasteiger charge is -2.16. The number of benzene rings is 1. The SMILES string of the molecule is Cc1cc(C)c(C(=O)CN(C)Cc2csc(C)n2)c(C)c1. The molecule has 0 fully saturated rings. The van der Waals surface area contributed by atoms with Gasteiger partial charge in [0.05, 0.1) is 17.2 Å². The molecule has 0 spiro atoms. The van der Waals surface area contributed by atoms with E-state index < -0.39 is 0 Å². The van der Waals surface area contributed by atoms with E-state index in [1.807, 2.05) is 32.7 Å². The maximum absolute atomic E-state index is 12.5. The molecule has 1 aromatic carbocycles. The normalized spacial score (nSPS) is 11.1. The van der Waals surface area contributed by atoms with Crippen molar-refractivity contribution in [1.82, 2.24) is 9.88 Å². The zero-order valence-electron chi connectivity index (χ0n) is 13.4. The molecule has 1 heterocycles. The van der Waals surface area contributed by atoms with E-state index in [1.54, 1.807) is 11.3 Å². The Morgan fingerprint density at radius 2 is 1.81 bits per heavy atom. The first kappa shape index (κ1) is 15.9. The van der Waals surface area contributed by atoms with Gasteiger partial charge < -0.3 is 0 Å². The number of thiazole rings is 1. The lowest BCUT2D eigenvalue weighted by Crippen LogP contribution is -2.26. The number of hydrogen-bond acceptors (Lipinski definition) is 4. The maximum Gasteiger partial charge on any atom is 0.177 e. The second kappa shape index (κ2) is 6.50. The van der Waals surface area contributed by atoms with Gasteiger partial charge in [-0.15, -0.1) is 11.3 Å². The van der Waals surface area contributed by atoms with E-state index in [0.29, 0.717) is 13.1 Å². The molecule has 0 atom stereocenters. The smallest absolute Gasteiger partial charge is 0.177 e. The van der Waals surface area contributed by atoms with Crippen molar-refractivity contribution in [2.75, 3.05) is 13.6 Å². The zero-order valence-corrected chi connectivity index (χ0v) is 14.2. The molecule has 2 rings (SSSR count). The number of Topliss-reactive ketones (excluding diaryl/α,β-unsaturated/α-hetero) is 1. The van der Waals surface area contributed by atoms with E-state index >= 15 is 0 Å². The molecule has 0 aliphatic rings. The summed E-state index contributed by atoms with van der Waals surface area (Å²) < 4.78 is 0. The van der Waals surface area contributed by atoms with E-state index in [-0.39, 0.29) is 5.78 Å². The highest BCUT2D eigenvalue weighted by Gasteiger charge is 2.15. The Hall–Kier alpha value is -1.52. The molecule has 3 nitrogen and oxygen atoms in total. The molecule has 0 amide bonds. The van der Waals surface area contributed by atoms with E-state index in [9.17, 15) is 4.79 Å². The van der Waals surface area contributed by atoms with Crippen LogP contribution in [0.5, 0.6) is 0 Å². The summed E-state index contributed by atoms with van der Waals surface area (Å²) in [4.78, 5) is 19.0. The lowest BCUT2D eigenvalue weighted by atomic mass is 9.96. The summed E-state index contributed by atoms with van der Waals surface area (Å²) in [6, 6.07) is 4.15. The van der Waals surface area contributed by atoms with Crippen molar-refractivity contribution < 1.29 is 4.79 Å². The largest absolute Gasteiger partial charge is 0.293 e. The van der Waals surface area contributed by atoms with Crippen LogP contribution in [0, 0.1) is 27.7 Å². The number of ketones is 1. The molecule has 0 bridgehead atoms. The molecular formula is C17H22N2OS. The molecule has 0 aliphatic heterocycles. The maximum atomic E-state index is 12.5. The zero-order chi connectivity index (χ0) is 15.6. The first-order chi connectivity index (χ1) is 9.86. The van der Waals surface area contributed by atoms with Crippen molar-refractivity contribution in [3.8, 4) is 0 Å². The Morgan fingerprint density at radius 3 is 2.33 bits per heavy atom. The van der Waals surface area contributed by atoms with Gasteiger partial charge in [0.15, 0.2) is 5.78 Å². The molecule has 1 aromatic heterocycles. The second-order valence-corrected chi connectivity index (χ2v) is 6.79. The van der Waals surface area contributed by atoms with Crippen LogP contribution >= 0.6 is 11.3 Å². The molecular weight excluding hydrogens is 280 g/mol. The van der Waals surface area contributed by atoms with Gasteiger partial charge in [-0.2, -0.15) is 0 Å². The Labute approximate surface area is 130 Å². The minimum Gasteiger partial charge on any atom is -0.293 e. The van der Waals surface area contributed by atoms with E-state index in [0.717, 1.165) is 27.4 Å². The van der Waals surface area contributed by atoms with Crippen LogP contribution in [0.4, 0.5) is 0 Å². The third-order valence-electron chi connectivity index (χ3n) is 3.47. The second-order valence-electron chi connectivity index (χ2n) is 5.73. The average Bonchev–Trinajstić information content (AvgIpc) is 2.72. The molecule has 0 saturated carbocycles. The number of hydrogen-bond donors (Lipinski definition) is 0. The predicted molar refractivity (Wildman–Crippen MR) is 88.2 cm³/mol. The van der Waals surface area contributed by atoms with Gasteiger partial charge in [0, 0.05) is 17.5 Å². The molecule has 0 aliphatic carbocycles. The fourth-order valence-electron chi connectivity index (χ4n) is 2.76. The van der Waals surface area contributed by atoms with Crippen LogP contribution < -0.4 is 0 Å². The summed E-state index contributed by atoms with van der Waals surface area (Å²) in [5.74, 6) is 0.180. The number of aryl methyl sites for hydroxylation is 4. The molecule has 21 heavy (non-hydrogen) atoms. The van der Waals surface area contributed by atoms with Gasteiger partial charge in [-0.1, -0.05) is 17.7 Å². The standard InChI is InChI=1S/C17H22N2OS/c1-11-6-12(2)17(13(3)7-11)16(20)9-19(5)8-15-10-21-14(4)18-15/h6-7,10H,8-9H2,1-5H3. The van der Waals surface area contributed by atoms with Gasteiger partial charge in [0.2, 0.25) is 0 Å². The fraction of sp³-hybridized carbons (Fsp3) is 0.412. The van der Waals surface area contributed by atoms with Crippen molar-refractivity contribution in [2.45, 2.75) is 34.2 Å². The summed E-state index contributed by atoms with van der Waals surface area (Å²) in [7, 11) is 1.96. The van der Waals surface area contributed by atoms with Crippen LogP contribution in [0.25, 0.3) is 0 Å². The summed E-state index contributed by atoms with van der Waals surface area (Å²) >= 11 is 1.65. The monoisotopic (exact) mass is 302 g/mol. The van der Waals surface area contributed by atoms with Crippen LogP contribution in [-0.2, 0) is 6.54 Å². The highest BCUT2D eigenvalue weighted by molar-refractivity contribution is 7.09. The van der Waals surface area contributed by atoms with Crippen molar-refractivity contribution in [3.05, 3.63) is 50.5 Å². The summed E-state index contributed by atoms with van der Waals surface area (Å²) in [5.41, 5.74) is 5.23. The van der Waals surface area contributed by atoms with Crippen LogP contribution in [-0.4, -0.2) is 29.3 Å². The van der Waals surface area contributed by atoms with Gasteiger partial charge >= 0.3 is 0 Å².